The van der Waals surface area contributed by atoms with E-state index in [1.54, 1.807) is 0 Å². The molecule has 0 bridgehead atoms. The van der Waals surface area contributed by atoms with Gasteiger partial charge in [-0.1, -0.05) is 0 Å². The van der Waals surface area contributed by atoms with E-state index < -0.39 is 13.8 Å². The van der Waals surface area contributed by atoms with Gasteiger partial charge in [0.1, 0.15) is 0 Å². The van der Waals surface area contributed by atoms with Gasteiger partial charge in [-0.3, -0.25) is 4.57 Å². The average Bonchev–Trinajstić information content (AvgIpc) is 1.68. The molecule has 0 heterocycles. The molecule has 5 nitrogen and oxygen atoms in total. The Labute approximate surface area is 40.0 Å². The first kappa shape index (κ1) is 6.75. The number of nitroso groups, excluding NO2 is 1. The monoisotopic (exact) mass is 124 g/mol. The molecule has 1 unspecified atom stereocenters. The molecule has 0 fully saturated rings. The number of nitrogens with zero attached hydrogens (tertiary/aromatic N) is 1. The first-order chi connectivity index (χ1) is 3.12. The van der Waals surface area contributed by atoms with Gasteiger partial charge in [-0.25, -0.2) is 0 Å². The van der Waals surface area contributed by atoms with E-state index in [0.717, 1.165) is 0 Å². The van der Waals surface area contributed by atoms with E-state index >= 15 is 0 Å². The Morgan fingerprint density at radius 1 is 1.86 bits per heavy atom. The molecular weight excluding hydrogens is 119 g/mol. The van der Waals surface area contributed by atoms with Gasteiger partial charge in [0, 0.05) is 4.95 Å². The minimum absolute atomic E-state index is 0.573. The molecule has 0 radical (unpaired) electrons. The van der Waals surface area contributed by atoms with Gasteiger partial charge in [-0.05, 0) is 0 Å². The van der Waals surface area contributed by atoms with Gasteiger partial charge >= 0.3 is 7.52 Å². The van der Waals surface area contributed by atoms with Gasteiger partial charge in [0.15, 0.2) is 0 Å². The largest absolute Gasteiger partial charge is 0.363 e. The summed E-state index contributed by atoms with van der Waals surface area (Å²) >= 11 is 0. The van der Waals surface area contributed by atoms with Crippen molar-refractivity contribution in [3.8, 4) is 0 Å². The fraction of sp³-hybridized carbons (Fsp3) is 1.00. The van der Waals surface area contributed by atoms with Crippen LogP contribution in [0.2, 0.25) is 0 Å². The summed E-state index contributed by atoms with van der Waals surface area (Å²) in [6.45, 7) is 0. The molecule has 6 heteroatoms. The van der Waals surface area contributed by atoms with Crippen molar-refractivity contribution in [3.63, 3.8) is 0 Å². The number of hydrogen-bond donors (Lipinski definition) is 2. The third-order valence-electron chi connectivity index (χ3n) is 0.365. The van der Waals surface area contributed by atoms with Crippen molar-refractivity contribution in [3.05, 3.63) is 4.91 Å². The smallest absolute Gasteiger partial charge is 0.325 e. The molecule has 0 aliphatic carbocycles. The molecule has 1 atom stereocenters. The first-order valence-electron chi connectivity index (χ1n) is 1.49. The summed E-state index contributed by atoms with van der Waals surface area (Å²) in [5, 5.41) is 0. The number of hydrogen-bond acceptors (Lipinski definition) is 3. The van der Waals surface area contributed by atoms with Gasteiger partial charge in [0.2, 0.25) is 0 Å². The van der Waals surface area contributed by atoms with Crippen molar-refractivity contribution < 1.29 is 9.46 Å². The Kier molecular flexibility index (Phi) is 2.08. The molecule has 0 saturated heterocycles. The van der Waals surface area contributed by atoms with E-state index in [-0.39, 0.29) is 0 Å². The summed E-state index contributed by atoms with van der Waals surface area (Å²) in [7, 11) is -3.81. The summed E-state index contributed by atoms with van der Waals surface area (Å²) < 4.78 is 9.90. The van der Waals surface area contributed by atoms with Crippen LogP contribution in [0.3, 0.4) is 0 Å². The maximum absolute atomic E-state index is 9.90. The number of rotatable bonds is 2. The van der Waals surface area contributed by atoms with Gasteiger partial charge in [-0.15, -0.1) is 4.91 Å². The van der Waals surface area contributed by atoms with E-state index in [9.17, 15) is 9.47 Å². The van der Waals surface area contributed by atoms with Crippen LogP contribution >= 0.6 is 7.52 Å². The topological polar surface area (TPSA) is 92.8 Å². The van der Waals surface area contributed by atoms with Crippen LogP contribution in [0.25, 0.3) is 0 Å². The Morgan fingerprint density at radius 2 is 2.29 bits per heavy atom. The number of nitrogens with two attached hydrogens (primary N) is 1. The molecule has 0 aliphatic heterocycles. The third-order valence-corrected chi connectivity index (χ3v) is 1.10. The minimum atomic E-state index is -3.81. The molecule has 0 aromatic carbocycles. The zero-order valence-electron chi connectivity index (χ0n) is 3.44. The second-order valence-electron chi connectivity index (χ2n) is 0.929. The Balaban J connectivity index is 3.85. The van der Waals surface area contributed by atoms with Crippen LogP contribution in [0.15, 0.2) is 4.95 Å². The maximum Gasteiger partial charge on any atom is 0.363 e. The van der Waals surface area contributed by atoms with Crippen molar-refractivity contribution in [1.29, 1.82) is 0 Å². The van der Waals surface area contributed by atoms with Crippen molar-refractivity contribution in [2.45, 2.75) is 0 Å². The van der Waals surface area contributed by atoms with Crippen molar-refractivity contribution >= 4 is 7.52 Å². The summed E-state index contributed by atoms with van der Waals surface area (Å²) in [5.74, 6) is 0. The lowest BCUT2D eigenvalue weighted by atomic mass is 11.6. The fourth-order valence-corrected chi connectivity index (χ4v) is 0.100. The maximum atomic E-state index is 9.90. The lowest BCUT2D eigenvalue weighted by Crippen LogP contribution is -1.96. The SMILES string of the molecule is NCP(=O)(O)N=O. The van der Waals surface area contributed by atoms with Crippen LogP contribution < -0.4 is 5.73 Å². The van der Waals surface area contributed by atoms with E-state index in [0.29, 0.717) is 0 Å². The van der Waals surface area contributed by atoms with E-state index in [1.807, 2.05) is 4.95 Å². The molecule has 0 rings (SSSR count). The highest BCUT2D eigenvalue weighted by molar-refractivity contribution is 7.56. The van der Waals surface area contributed by atoms with Crippen molar-refractivity contribution in [1.82, 2.24) is 0 Å². The highest BCUT2D eigenvalue weighted by Crippen LogP contribution is 2.38. The zero-order valence-corrected chi connectivity index (χ0v) is 4.34. The fourth-order valence-electron chi connectivity index (χ4n) is 0.0333. The normalized spacial score (nSPS) is 18.0. The summed E-state index contributed by atoms with van der Waals surface area (Å²) in [4.78, 5) is 19.2. The molecule has 0 aliphatic rings. The predicted molar refractivity (Wildman–Crippen MR) is 24.7 cm³/mol. The molecule has 0 aromatic heterocycles. The van der Waals surface area contributed by atoms with Crippen LogP contribution in [0.4, 0.5) is 0 Å². The van der Waals surface area contributed by atoms with Crippen LogP contribution in [-0.2, 0) is 4.57 Å². The molecule has 42 valence electrons. The molecular formula is CH5N2O3P. The second-order valence-corrected chi connectivity index (χ2v) is 2.79. The van der Waals surface area contributed by atoms with Gasteiger partial charge in [0.05, 0.1) is 6.29 Å². The highest BCUT2D eigenvalue weighted by atomic mass is 31.2. The zero-order chi connectivity index (χ0) is 5.91. The van der Waals surface area contributed by atoms with Crippen LogP contribution in [-0.4, -0.2) is 11.2 Å². The molecule has 0 saturated carbocycles. The van der Waals surface area contributed by atoms with Crippen LogP contribution in [0.1, 0.15) is 0 Å². The Hall–Kier alpha value is -0.250. The minimum Gasteiger partial charge on any atom is -0.325 e. The van der Waals surface area contributed by atoms with Crippen molar-refractivity contribution in [2.24, 2.45) is 10.7 Å². The van der Waals surface area contributed by atoms with E-state index in [2.05, 4.69) is 5.73 Å². The van der Waals surface area contributed by atoms with Gasteiger partial charge in [0.25, 0.3) is 0 Å². The lowest BCUT2D eigenvalue weighted by Gasteiger charge is -1.91. The second kappa shape index (κ2) is 2.16. The van der Waals surface area contributed by atoms with Gasteiger partial charge in [-0.2, -0.15) is 0 Å². The standard InChI is InChI=1S/CH5N2O3P/c2-1-7(5,6)3-4/h1-2H2,(H,5,6). The van der Waals surface area contributed by atoms with E-state index in [1.165, 1.54) is 0 Å². The molecule has 7 heavy (non-hydrogen) atoms. The Bertz CT molecular complexity index is 112. The van der Waals surface area contributed by atoms with Gasteiger partial charge < -0.3 is 10.6 Å². The van der Waals surface area contributed by atoms with E-state index in [4.69, 9.17) is 4.89 Å². The molecule has 0 amide bonds. The predicted octanol–water partition coefficient (Wildman–Crippen LogP) is -0.146. The molecule has 0 aromatic rings. The molecule has 0 spiro atoms. The quantitative estimate of drug-likeness (QED) is 0.395. The third kappa shape index (κ3) is 2.45. The first-order valence-corrected chi connectivity index (χ1v) is 3.29. The molecule has 3 N–H and O–H groups in total. The van der Waals surface area contributed by atoms with Crippen LogP contribution in [0.5, 0.6) is 0 Å². The van der Waals surface area contributed by atoms with Crippen LogP contribution in [0, 0.1) is 4.91 Å². The van der Waals surface area contributed by atoms with Crippen molar-refractivity contribution in [2.75, 3.05) is 6.29 Å². The average molecular weight is 124 g/mol. The summed E-state index contributed by atoms with van der Waals surface area (Å²) in [6, 6.07) is 0. The summed E-state index contributed by atoms with van der Waals surface area (Å²) in [5.41, 5.74) is 4.61. The summed E-state index contributed by atoms with van der Waals surface area (Å²) in [6.07, 6.45) is -0.573. The highest BCUT2D eigenvalue weighted by Gasteiger charge is 2.13. The Morgan fingerprint density at radius 3 is 2.29 bits per heavy atom. The lowest BCUT2D eigenvalue weighted by molar-refractivity contribution is 0.480.